The first-order valence-corrected chi connectivity index (χ1v) is 9.17. The molecule has 2 N–H and O–H groups in total. The molecule has 2 aromatic rings. The van der Waals surface area contributed by atoms with Crippen LogP contribution in [0.4, 0.5) is 10.5 Å². The average molecular weight is 415 g/mol. The number of hydrogen-bond donors (Lipinski definition) is 2. The molecule has 1 unspecified atom stereocenters. The number of esters is 1. The molecule has 1 aromatic heterocycles. The van der Waals surface area contributed by atoms with E-state index in [4.69, 9.17) is 13.9 Å². The topological polar surface area (TPSA) is 127 Å². The summed E-state index contributed by atoms with van der Waals surface area (Å²) in [6, 6.07) is 9.52. The lowest BCUT2D eigenvalue weighted by atomic mass is 10.1. The summed E-state index contributed by atoms with van der Waals surface area (Å²) < 4.78 is 15.2. The van der Waals surface area contributed by atoms with Crippen molar-refractivity contribution in [3.05, 3.63) is 48.4 Å². The van der Waals surface area contributed by atoms with Gasteiger partial charge in [0.05, 0.1) is 25.8 Å². The highest BCUT2D eigenvalue weighted by Crippen LogP contribution is 2.28. The monoisotopic (exact) mass is 415 g/mol. The van der Waals surface area contributed by atoms with E-state index in [0.717, 1.165) is 0 Å². The van der Waals surface area contributed by atoms with Gasteiger partial charge in [0.2, 0.25) is 5.91 Å². The third-order valence-corrected chi connectivity index (χ3v) is 4.43. The van der Waals surface area contributed by atoms with Crippen molar-refractivity contribution in [2.45, 2.75) is 13.0 Å². The van der Waals surface area contributed by atoms with Crippen LogP contribution in [0.5, 0.6) is 5.75 Å². The lowest BCUT2D eigenvalue weighted by Crippen LogP contribution is -2.41. The number of benzene rings is 1. The first-order valence-electron chi connectivity index (χ1n) is 9.17. The van der Waals surface area contributed by atoms with Crippen LogP contribution in [-0.4, -0.2) is 44.1 Å². The second-order valence-electron chi connectivity index (χ2n) is 6.52. The zero-order valence-corrected chi connectivity index (χ0v) is 16.3. The number of nitrogens with one attached hydrogen (secondary N) is 2. The number of carbonyl (C=O) groups excluding carboxylic acids is 4. The van der Waals surface area contributed by atoms with E-state index in [0.29, 0.717) is 17.2 Å². The number of methoxy groups -OCH3 is 1. The number of hydrogen-bond acceptors (Lipinski definition) is 7. The number of carbonyl (C=O) groups is 4. The highest BCUT2D eigenvalue weighted by Gasteiger charge is 2.36. The van der Waals surface area contributed by atoms with Crippen molar-refractivity contribution < 1.29 is 33.1 Å². The highest BCUT2D eigenvalue weighted by molar-refractivity contribution is 6.00. The van der Waals surface area contributed by atoms with E-state index in [1.54, 1.807) is 36.4 Å². The molecule has 3 rings (SSSR count). The second-order valence-corrected chi connectivity index (χ2v) is 6.52. The van der Waals surface area contributed by atoms with Crippen molar-refractivity contribution in [1.82, 2.24) is 10.6 Å². The standard InChI is InChI=1S/C20H21N3O7/c1-28-15-5-2-4-14(9-15)23-11-13(8-18(23)25)19(26)30-12-17(24)22-20(27)21-10-16-6-3-7-29-16/h2-7,9,13H,8,10-12H2,1H3,(H2,21,22,24,27). The van der Waals surface area contributed by atoms with E-state index in [1.807, 2.05) is 5.32 Å². The molecule has 30 heavy (non-hydrogen) atoms. The lowest BCUT2D eigenvalue weighted by Gasteiger charge is -2.17. The predicted octanol–water partition coefficient (Wildman–Crippen LogP) is 1.21. The van der Waals surface area contributed by atoms with Crippen molar-refractivity contribution in [3.63, 3.8) is 0 Å². The van der Waals surface area contributed by atoms with Crippen molar-refractivity contribution in [3.8, 4) is 5.75 Å². The summed E-state index contributed by atoms with van der Waals surface area (Å²) in [5.74, 6) is -1.28. The molecule has 0 radical (unpaired) electrons. The van der Waals surface area contributed by atoms with Gasteiger partial charge in [-0.2, -0.15) is 0 Å². The molecule has 0 saturated carbocycles. The molecule has 0 aliphatic carbocycles. The van der Waals surface area contributed by atoms with Crippen LogP contribution < -0.4 is 20.3 Å². The lowest BCUT2D eigenvalue weighted by molar-refractivity contribution is -0.152. The summed E-state index contributed by atoms with van der Waals surface area (Å²) in [6.07, 6.45) is 1.43. The van der Waals surface area contributed by atoms with Crippen molar-refractivity contribution in [2.75, 3.05) is 25.2 Å². The number of nitrogens with zero attached hydrogens (tertiary/aromatic N) is 1. The number of imide groups is 1. The number of furan rings is 1. The summed E-state index contributed by atoms with van der Waals surface area (Å²) in [6.45, 7) is -0.386. The van der Waals surface area contributed by atoms with Gasteiger partial charge < -0.3 is 24.1 Å². The Kier molecular flexibility index (Phi) is 6.68. The van der Waals surface area contributed by atoms with Gasteiger partial charge in [-0.1, -0.05) is 6.07 Å². The maximum atomic E-state index is 12.3. The molecule has 1 aromatic carbocycles. The second kappa shape index (κ2) is 9.59. The minimum absolute atomic E-state index is 0.0265. The Morgan fingerprint density at radius 2 is 2.07 bits per heavy atom. The fourth-order valence-corrected chi connectivity index (χ4v) is 2.94. The summed E-state index contributed by atoms with van der Waals surface area (Å²) >= 11 is 0. The van der Waals surface area contributed by atoms with Gasteiger partial charge in [-0.25, -0.2) is 4.79 Å². The third-order valence-electron chi connectivity index (χ3n) is 4.43. The van der Waals surface area contributed by atoms with Gasteiger partial charge in [-0.3, -0.25) is 19.7 Å². The van der Waals surface area contributed by atoms with Crippen LogP contribution in [-0.2, 0) is 25.7 Å². The van der Waals surface area contributed by atoms with E-state index in [-0.39, 0.29) is 25.4 Å². The smallest absolute Gasteiger partial charge is 0.321 e. The zero-order valence-electron chi connectivity index (χ0n) is 16.3. The van der Waals surface area contributed by atoms with Crippen LogP contribution in [0.15, 0.2) is 47.1 Å². The van der Waals surface area contributed by atoms with Gasteiger partial charge in [0.15, 0.2) is 6.61 Å². The number of rotatable bonds is 7. The minimum Gasteiger partial charge on any atom is -0.497 e. The van der Waals surface area contributed by atoms with Crippen LogP contribution in [0.3, 0.4) is 0 Å². The fraction of sp³-hybridized carbons (Fsp3) is 0.300. The molecular weight excluding hydrogens is 394 g/mol. The SMILES string of the molecule is COc1cccc(N2CC(C(=O)OCC(=O)NC(=O)NCc3ccco3)CC2=O)c1. The molecule has 1 saturated heterocycles. The van der Waals surface area contributed by atoms with Gasteiger partial charge in [0.1, 0.15) is 11.5 Å². The zero-order chi connectivity index (χ0) is 21.5. The highest BCUT2D eigenvalue weighted by atomic mass is 16.5. The van der Waals surface area contributed by atoms with Gasteiger partial charge in [0, 0.05) is 24.7 Å². The van der Waals surface area contributed by atoms with Crippen molar-refractivity contribution in [1.29, 1.82) is 0 Å². The van der Waals surface area contributed by atoms with Crippen LogP contribution in [0.2, 0.25) is 0 Å². The maximum Gasteiger partial charge on any atom is 0.321 e. The number of amides is 4. The Bertz CT molecular complexity index is 926. The van der Waals surface area contributed by atoms with Crippen LogP contribution in [0, 0.1) is 5.92 Å². The van der Waals surface area contributed by atoms with Crippen LogP contribution >= 0.6 is 0 Å². The molecule has 10 nitrogen and oxygen atoms in total. The Balaban J connectivity index is 1.43. The van der Waals surface area contributed by atoms with E-state index in [2.05, 4.69) is 5.32 Å². The summed E-state index contributed by atoms with van der Waals surface area (Å²) in [5.41, 5.74) is 0.612. The largest absolute Gasteiger partial charge is 0.497 e. The third kappa shape index (κ3) is 5.37. The minimum atomic E-state index is -0.783. The van der Waals surface area contributed by atoms with E-state index in [9.17, 15) is 19.2 Å². The number of urea groups is 1. The van der Waals surface area contributed by atoms with E-state index in [1.165, 1.54) is 18.3 Å². The Morgan fingerprint density at radius 1 is 1.23 bits per heavy atom. The van der Waals surface area contributed by atoms with Gasteiger partial charge >= 0.3 is 12.0 Å². The molecule has 1 aliphatic rings. The number of anilines is 1. The van der Waals surface area contributed by atoms with Gasteiger partial charge in [-0.05, 0) is 24.3 Å². The summed E-state index contributed by atoms with van der Waals surface area (Å²) in [5, 5.41) is 4.48. The Hall–Kier alpha value is -3.82. The van der Waals surface area contributed by atoms with Crippen molar-refractivity contribution in [2.24, 2.45) is 5.92 Å². The normalized spacial score (nSPS) is 15.6. The molecule has 1 fully saturated rings. The molecule has 1 atom stereocenters. The van der Waals surface area contributed by atoms with E-state index >= 15 is 0 Å². The molecule has 0 bridgehead atoms. The van der Waals surface area contributed by atoms with E-state index < -0.39 is 30.4 Å². The Labute approximate surface area is 172 Å². The predicted molar refractivity (Wildman–Crippen MR) is 103 cm³/mol. The molecule has 0 spiro atoms. The van der Waals surface area contributed by atoms with Crippen LogP contribution in [0.25, 0.3) is 0 Å². The molecule has 158 valence electrons. The maximum absolute atomic E-state index is 12.3. The van der Waals surface area contributed by atoms with Gasteiger partial charge in [0.25, 0.3) is 5.91 Å². The molecule has 10 heteroatoms. The van der Waals surface area contributed by atoms with Crippen LogP contribution in [0.1, 0.15) is 12.2 Å². The average Bonchev–Trinajstić information content (AvgIpc) is 3.40. The van der Waals surface area contributed by atoms with Gasteiger partial charge in [-0.15, -0.1) is 0 Å². The first kappa shape index (κ1) is 20.9. The van der Waals surface area contributed by atoms with Crippen molar-refractivity contribution >= 4 is 29.5 Å². The quantitative estimate of drug-likeness (QED) is 0.651. The molecule has 2 heterocycles. The Morgan fingerprint density at radius 3 is 2.80 bits per heavy atom. The molecule has 1 aliphatic heterocycles. The molecule has 4 amide bonds. The molecular formula is C20H21N3O7. The fourth-order valence-electron chi connectivity index (χ4n) is 2.94. The summed E-state index contributed by atoms with van der Waals surface area (Å²) in [7, 11) is 1.52. The first-order chi connectivity index (χ1) is 14.5. The summed E-state index contributed by atoms with van der Waals surface area (Å²) in [4.78, 5) is 49.4. The number of ether oxygens (including phenoxy) is 2.